The summed E-state index contributed by atoms with van der Waals surface area (Å²) in [7, 11) is 0. The average molecular weight is 241 g/mol. The monoisotopic (exact) mass is 241 g/mol. The summed E-state index contributed by atoms with van der Waals surface area (Å²) in [6.07, 6.45) is -3.73. The zero-order valence-corrected chi connectivity index (χ0v) is 8.50. The van der Waals surface area contributed by atoms with Crippen LogP contribution < -0.4 is 0 Å². The predicted octanol–water partition coefficient (Wildman–Crippen LogP) is 3.91. The van der Waals surface area contributed by atoms with Crippen molar-refractivity contribution >= 4 is 0 Å². The molecular formula is C12H7F4N. The molecule has 5 heteroatoms. The van der Waals surface area contributed by atoms with Gasteiger partial charge in [0, 0.05) is 11.8 Å². The Balaban J connectivity index is 2.40. The fourth-order valence-electron chi connectivity index (χ4n) is 1.39. The minimum absolute atomic E-state index is 0.177. The highest BCUT2D eigenvalue weighted by molar-refractivity contribution is 5.59. The average Bonchev–Trinajstić information content (AvgIpc) is 2.29. The van der Waals surface area contributed by atoms with E-state index in [1.807, 2.05) is 0 Å². The molecule has 0 atom stereocenters. The van der Waals surface area contributed by atoms with Gasteiger partial charge in [0.05, 0.1) is 11.3 Å². The highest BCUT2D eigenvalue weighted by Gasteiger charge is 2.30. The first-order valence-corrected chi connectivity index (χ1v) is 4.76. The van der Waals surface area contributed by atoms with E-state index in [0.717, 1.165) is 12.1 Å². The molecule has 1 aromatic heterocycles. The number of rotatable bonds is 1. The molecule has 0 amide bonds. The van der Waals surface area contributed by atoms with E-state index in [4.69, 9.17) is 0 Å². The molecule has 0 saturated heterocycles. The standard InChI is InChI=1S/C12H7F4N/c13-10-4-2-1-3-9(10)11-6-5-8(7-17-11)12(14,15)16/h1-7H. The molecule has 17 heavy (non-hydrogen) atoms. The molecule has 0 unspecified atom stereocenters. The van der Waals surface area contributed by atoms with Crippen molar-refractivity contribution in [1.29, 1.82) is 0 Å². The normalized spacial score (nSPS) is 11.5. The Bertz CT molecular complexity index is 517. The fraction of sp³-hybridized carbons (Fsp3) is 0.0833. The summed E-state index contributed by atoms with van der Waals surface area (Å²) in [5, 5.41) is 0. The smallest absolute Gasteiger partial charge is 0.256 e. The van der Waals surface area contributed by atoms with Gasteiger partial charge in [0.15, 0.2) is 0 Å². The SMILES string of the molecule is Fc1ccccc1-c1ccc(C(F)(F)F)cn1. The molecule has 0 spiro atoms. The fourth-order valence-corrected chi connectivity index (χ4v) is 1.39. The summed E-state index contributed by atoms with van der Waals surface area (Å²) in [6, 6.07) is 7.83. The predicted molar refractivity (Wildman–Crippen MR) is 54.6 cm³/mol. The Kier molecular flexibility index (Phi) is 2.83. The number of alkyl halides is 3. The molecule has 0 aliphatic carbocycles. The van der Waals surface area contributed by atoms with Crippen LogP contribution in [0.2, 0.25) is 0 Å². The van der Waals surface area contributed by atoms with E-state index < -0.39 is 17.6 Å². The van der Waals surface area contributed by atoms with Crippen molar-refractivity contribution in [2.75, 3.05) is 0 Å². The number of hydrogen-bond acceptors (Lipinski definition) is 1. The molecule has 2 rings (SSSR count). The second kappa shape index (κ2) is 4.16. The maximum Gasteiger partial charge on any atom is 0.417 e. The van der Waals surface area contributed by atoms with Crippen LogP contribution >= 0.6 is 0 Å². The third kappa shape index (κ3) is 2.43. The second-order valence-electron chi connectivity index (χ2n) is 3.41. The van der Waals surface area contributed by atoms with Crippen LogP contribution in [0.4, 0.5) is 17.6 Å². The first kappa shape index (κ1) is 11.6. The molecule has 0 saturated carbocycles. The lowest BCUT2D eigenvalue weighted by molar-refractivity contribution is -0.137. The summed E-state index contributed by atoms with van der Waals surface area (Å²) >= 11 is 0. The van der Waals surface area contributed by atoms with Gasteiger partial charge in [-0.2, -0.15) is 13.2 Å². The van der Waals surface area contributed by atoms with Crippen molar-refractivity contribution in [1.82, 2.24) is 4.98 Å². The van der Waals surface area contributed by atoms with Crippen LogP contribution in [0.1, 0.15) is 5.56 Å². The van der Waals surface area contributed by atoms with E-state index in [1.54, 1.807) is 6.07 Å². The summed E-state index contributed by atoms with van der Waals surface area (Å²) in [4.78, 5) is 3.62. The van der Waals surface area contributed by atoms with Crippen molar-refractivity contribution in [2.45, 2.75) is 6.18 Å². The van der Waals surface area contributed by atoms with Gasteiger partial charge in [0.1, 0.15) is 5.82 Å². The lowest BCUT2D eigenvalue weighted by Crippen LogP contribution is -2.05. The highest BCUT2D eigenvalue weighted by atomic mass is 19.4. The van der Waals surface area contributed by atoms with Gasteiger partial charge in [-0.25, -0.2) is 4.39 Å². The summed E-state index contributed by atoms with van der Waals surface area (Å²) < 4.78 is 50.2. The van der Waals surface area contributed by atoms with Crippen molar-refractivity contribution in [2.24, 2.45) is 0 Å². The largest absolute Gasteiger partial charge is 0.417 e. The molecular weight excluding hydrogens is 234 g/mol. The van der Waals surface area contributed by atoms with E-state index in [0.29, 0.717) is 6.20 Å². The van der Waals surface area contributed by atoms with Crippen LogP contribution in [-0.2, 0) is 6.18 Å². The number of benzene rings is 1. The molecule has 2 aromatic rings. The molecule has 0 radical (unpaired) electrons. The Morgan fingerprint density at radius 3 is 2.18 bits per heavy atom. The van der Waals surface area contributed by atoms with Gasteiger partial charge in [-0.1, -0.05) is 12.1 Å². The first-order chi connectivity index (χ1) is 7.98. The molecule has 0 aliphatic rings. The molecule has 0 aliphatic heterocycles. The summed E-state index contributed by atoms with van der Waals surface area (Å²) in [5.74, 6) is -0.514. The second-order valence-corrected chi connectivity index (χ2v) is 3.41. The summed E-state index contributed by atoms with van der Waals surface area (Å²) in [6.45, 7) is 0. The van der Waals surface area contributed by atoms with Crippen molar-refractivity contribution in [3.8, 4) is 11.3 Å². The number of pyridine rings is 1. The van der Waals surface area contributed by atoms with Crippen molar-refractivity contribution in [3.63, 3.8) is 0 Å². The number of aromatic nitrogens is 1. The van der Waals surface area contributed by atoms with Crippen molar-refractivity contribution in [3.05, 3.63) is 54.0 Å². The molecule has 88 valence electrons. The maximum absolute atomic E-state index is 13.3. The molecule has 1 heterocycles. The topological polar surface area (TPSA) is 12.9 Å². The van der Waals surface area contributed by atoms with Gasteiger partial charge in [-0.15, -0.1) is 0 Å². The van der Waals surface area contributed by atoms with Gasteiger partial charge >= 0.3 is 6.18 Å². The van der Waals surface area contributed by atoms with Crippen LogP contribution in [0.5, 0.6) is 0 Å². The zero-order valence-electron chi connectivity index (χ0n) is 8.50. The first-order valence-electron chi connectivity index (χ1n) is 4.76. The Labute approximate surface area is 94.7 Å². The number of nitrogens with zero attached hydrogens (tertiary/aromatic N) is 1. The van der Waals surface area contributed by atoms with Crippen LogP contribution in [-0.4, -0.2) is 4.98 Å². The van der Waals surface area contributed by atoms with Crippen LogP contribution in [0.25, 0.3) is 11.3 Å². The van der Waals surface area contributed by atoms with E-state index in [1.165, 1.54) is 18.2 Å². The minimum atomic E-state index is -4.43. The third-order valence-corrected chi connectivity index (χ3v) is 2.24. The van der Waals surface area contributed by atoms with Crippen LogP contribution in [0, 0.1) is 5.82 Å². The maximum atomic E-state index is 13.3. The van der Waals surface area contributed by atoms with E-state index in [9.17, 15) is 17.6 Å². The van der Waals surface area contributed by atoms with E-state index in [2.05, 4.69) is 4.98 Å². The highest BCUT2D eigenvalue weighted by Crippen LogP contribution is 2.30. The molecule has 0 bridgehead atoms. The molecule has 1 nitrogen and oxygen atoms in total. The van der Waals surface area contributed by atoms with E-state index >= 15 is 0 Å². The molecule has 0 fully saturated rings. The van der Waals surface area contributed by atoms with Crippen LogP contribution in [0.3, 0.4) is 0 Å². The Hall–Kier alpha value is -1.91. The summed E-state index contributed by atoms with van der Waals surface area (Å²) in [5.41, 5.74) is -0.491. The van der Waals surface area contributed by atoms with Gasteiger partial charge in [0.25, 0.3) is 0 Å². The van der Waals surface area contributed by atoms with E-state index in [-0.39, 0.29) is 11.3 Å². The Morgan fingerprint density at radius 1 is 0.941 bits per heavy atom. The van der Waals surface area contributed by atoms with Crippen LogP contribution in [0.15, 0.2) is 42.6 Å². The molecule has 1 aromatic carbocycles. The lowest BCUT2D eigenvalue weighted by Gasteiger charge is -2.07. The Morgan fingerprint density at radius 2 is 1.65 bits per heavy atom. The van der Waals surface area contributed by atoms with Gasteiger partial charge in [-0.05, 0) is 24.3 Å². The number of hydrogen-bond donors (Lipinski definition) is 0. The number of halogens is 4. The quantitative estimate of drug-likeness (QED) is 0.690. The van der Waals surface area contributed by atoms with Gasteiger partial charge < -0.3 is 0 Å². The lowest BCUT2D eigenvalue weighted by atomic mass is 10.1. The zero-order chi connectivity index (χ0) is 12.5. The minimum Gasteiger partial charge on any atom is -0.256 e. The van der Waals surface area contributed by atoms with Crippen molar-refractivity contribution < 1.29 is 17.6 Å². The third-order valence-electron chi connectivity index (χ3n) is 2.24. The van der Waals surface area contributed by atoms with Gasteiger partial charge in [0.2, 0.25) is 0 Å². The molecule has 0 N–H and O–H groups in total. The van der Waals surface area contributed by atoms with Gasteiger partial charge in [-0.3, -0.25) is 4.98 Å².